The predicted molar refractivity (Wildman–Crippen MR) is 274 cm³/mol. The smallest absolute Gasteiger partial charge is 0.416 e. The molecule has 20 heteroatoms. The Labute approximate surface area is 434 Å². The summed E-state index contributed by atoms with van der Waals surface area (Å²) in [5, 5.41) is 6.60. The van der Waals surface area contributed by atoms with E-state index in [2.05, 4.69) is 25.5 Å². The van der Waals surface area contributed by atoms with Crippen molar-refractivity contribution in [2.45, 2.75) is 116 Å². The molecule has 16 nitrogen and oxygen atoms in total. The van der Waals surface area contributed by atoms with Crippen LogP contribution >= 0.6 is 11.6 Å². The quantitative estimate of drug-likeness (QED) is 0.0906. The molecular weight excluding hydrogens is 981 g/mol. The molecule has 1 aromatic heterocycles. The highest BCUT2D eigenvalue weighted by Gasteiger charge is 2.36. The minimum absolute atomic E-state index is 0.0489. The molecule has 4 aliphatic rings. The number of carbonyl (C=O) groups excluding carboxylic acids is 5. The Morgan fingerprint density at radius 2 is 1.58 bits per heavy atom. The van der Waals surface area contributed by atoms with Crippen molar-refractivity contribution in [1.82, 2.24) is 30.0 Å². The van der Waals surface area contributed by atoms with E-state index in [-0.39, 0.29) is 59.8 Å². The fourth-order valence-corrected chi connectivity index (χ4v) is 10.6. The number of rotatable bonds is 14. The van der Waals surface area contributed by atoms with Gasteiger partial charge in [0.05, 0.1) is 46.6 Å². The van der Waals surface area contributed by atoms with Crippen LogP contribution in [0.15, 0.2) is 48.5 Å². The van der Waals surface area contributed by atoms with E-state index in [0.29, 0.717) is 90.2 Å². The van der Waals surface area contributed by atoms with Crippen molar-refractivity contribution in [3.63, 3.8) is 0 Å². The minimum atomic E-state index is -4.70. The number of hydrogen-bond donors (Lipinski definition) is 2. The third-order valence-corrected chi connectivity index (χ3v) is 14.7. The number of hydrogen-bond acceptors (Lipinski definition) is 12. The lowest BCUT2D eigenvalue weighted by molar-refractivity contribution is -0.139. The van der Waals surface area contributed by atoms with E-state index < -0.39 is 35.4 Å². The number of likely N-dealkylation sites (tertiary alicyclic amines) is 1. The molecule has 3 saturated heterocycles. The highest BCUT2D eigenvalue weighted by atomic mass is 35.5. The number of ether oxygens (including phenoxy) is 3. The summed E-state index contributed by atoms with van der Waals surface area (Å²) in [6, 6.07) is 10.7. The number of benzene rings is 3. The van der Waals surface area contributed by atoms with Crippen LogP contribution in [0.2, 0.25) is 5.02 Å². The van der Waals surface area contributed by atoms with Gasteiger partial charge in [0.1, 0.15) is 23.0 Å². The average molecular weight is 1050 g/mol. The molecule has 5 amide bonds. The molecule has 3 aromatic carbocycles. The van der Waals surface area contributed by atoms with Gasteiger partial charge in [0.25, 0.3) is 5.91 Å². The van der Waals surface area contributed by atoms with Gasteiger partial charge in [-0.3, -0.25) is 29.5 Å². The van der Waals surface area contributed by atoms with Crippen molar-refractivity contribution in [2.24, 2.45) is 5.92 Å². The molecule has 3 aliphatic heterocycles. The van der Waals surface area contributed by atoms with E-state index in [1.165, 1.54) is 11.0 Å². The van der Waals surface area contributed by atoms with Crippen molar-refractivity contribution in [1.29, 1.82) is 0 Å². The summed E-state index contributed by atoms with van der Waals surface area (Å²) in [4.78, 5) is 81.3. The third-order valence-electron chi connectivity index (χ3n) is 14.4. The van der Waals surface area contributed by atoms with E-state index in [4.69, 9.17) is 25.8 Å². The fourth-order valence-electron chi connectivity index (χ4n) is 10.4. The third kappa shape index (κ3) is 13.1. The first-order chi connectivity index (χ1) is 35.1. The molecule has 8 rings (SSSR count). The molecule has 1 saturated carbocycles. The molecule has 4 fully saturated rings. The average Bonchev–Trinajstić information content (AvgIpc) is 3.36. The number of aryl methyl sites for hydroxylation is 1. The van der Waals surface area contributed by atoms with Crippen LogP contribution in [0.3, 0.4) is 0 Å². The van der Waals surface area contributed by atoms with Gasteiger partial charge in [0.15, 0.2) is 0 Å². The molecule has 74 heavy (non-hydrogen) atoms. The van der Waals surface area contributed by atoms with Crippen LogP contribution in [-0.4, -0.2) is 132 Å². The van der Waals surface area contributed by atoms with Crippen LogP contribution in [0.1, 0.15) is 134 Å². The summed E-state index contributed by atoms with van der Waals surface area (Å²) in [6.45, 7) is 14.1. The normalized spacial score (nSPS) is 19.8. The Morgan fingerprint density at radius 3 is 2.24 bits per heavy atom. The lowest BCUT2D eigenvalue weighted by Gasteiger charge is -2.38. The molecule has 1 atom stereocenters. The molecule has 0 bridgehead atoms. The predicted octanol–water partition coefficient (Wildman–Crippen LogP) is 9.32. The highest BCUT2D eigenvalue weighted by Crippen LogP contribution is 2.43. The number of amides is 5. The molecule has 1 aliphatic carbocycles. The second kappa shape index (κ2) is 22.8. The fraction of sp³-hybridized carbons (Fsp3) is 0.537. The van der Waals surface area contributed by atoms with Crippen molar-refractivity contribution < 1.29 is 51.4 Å². The first kappa shape index (κ1) is 54.2. The highest BCUT2D eigenvalue weighted by molar-refractivity contribution is 6.34. The van der Waals surface area contributed by atoms with Crippen molar-refractivity contribution >= 4 is 63.7 Å². The zero-order chi connectivity index (χ0) is 53.1. The van der Waals surface area contributed by atoms with Gasteiger partial charge in [-0.05, 0) is 139 Å². The number of halogens is 4. The molecule has 398 valence electrons. The maximum Gasteiger partial charge on any atom is 0.416 e. The van der Waals surface area contributed by atoms with Crippen LogP contribution < -0.4 is 20.3 Å². The summed E-state index contributed by atoms with van der Waals surface area (Å²) in [5.74, 6) is 0.413. The summed E-state index contributed by atoms with van der Waals surface area (Å²) in [6.07, 6.45) is 0.771. The van der Waals surface area contributed by atoms with E-state index in [1.807, 2.05) is 17.0 Å². The maximum atomic E-state index is 14.1. The lowest BCUT2D eigenvalue weighted by Crippen LogP contribution is -2.50. The summed E-state index contributed by atoms with van der Waals surface area (Å²) < 4.78 is 59.9. The molecule has 4 aromatic rings. The number of imide groups is 1. The number of alkyl halides is 3. The van der Waals surface area contributed by atoms with Crippen LogP contribution in [0.4, 0.5) is 29.5 Å². The van der Waals surface area contributed by atoms with Gasteiger partial charge in [-0.25, -0.2) is 19.6 Å². The Kier molecular flexibility index (Phi) is 16.7. The number of nitrogens with one attached hydrogen (secondary N) is 2. The lowest BCUT2D eigenvalue weighted by atomic mass is 9.77. The van der Waals surface area contributed by atoms with Crippen LogP contribution in [0, 0.1) is 12.8 Å². The Hall–Kier alpha value is -6.05. The number of piperazine rings is 1. The number of methoxy groups -OCH3 is 1. The van der Waals surface area contributed by atoms with Gasteiger partial charge in [0, 0.05) is 88.3 Å². The number of esters is 1. The van der Waals surface area contributed by atoms with E-state index in [1.54, 1.807) is 64.8 Å². The second-order valence-electron chi connectivity index (χ2n) is 20.8. The topological polar surface area (TPSA) is 176 Å². The van der Waals surface area contributed by atoms with E-state index in [9.17, 15) is 37.1 Å². The molecule has 0 radical (unpaired) electrons. The minimum Gasteiger partial charge on any atom is -0.496 e. The molecule has 4 heterocycles. The zero-order valence-corrected chi connectivity index (χ0v) is 43.7. The standard InChI is InChI=1S/C54H66ClF3N8O8/c1-32(37-26-38(51(70)74-53(3,4)5)28-39(27-37)54(56,57)58)59-48-42-30-41(46(72-6)31-44(42)60-33(2)61-48)34-8-10-35(11-9-34)49(68)65-23-21-63(22-24-65)17-7-25-73-40-14-18-64(19-15-40)50(69)36-12-13-43(55)45(29-36)66-20-16-47(67)62-52(66)71/h12-13,26-32,34-35,40H,7-11,14-25H2,1-6H3,(H,59,60,61)(H,62,67,71)/t32-,34?,35?/m1/s1. The number of urea groups is 1. The number of carbonyl (C=O) groups is 5. The van der Waals surface area contributed by atoms with Crippen molar-refractivity contribution in [2.75, 3.05) is 76.3 Å². The summed E-state index contributed by atoms with van der Waals surface area (Å²) in [5.41, 5.74) is 0.549. The first-order valence-corrected chi connectivity index (χ1v) is 25.9. The van der Waals surface area contributed by atoms with Gasteiger partial charge in [-0.15, -0.1) is 0 Å². The SMILES string of the molecule is COc1cc2nc(C)nc(N[C@H](C)c3cc(C(=O)OC(C)(C)C)cc(C(F)(F)F)c3)c2cc1C1CCC(C(=O)N2CCN(CCCOC3CCN(C(=O)c4ccc(Cl)c(N5CCC(=O)NC5=O)c4)CC3)CC2)CC1. The van der Waals surface area contributed by atoms with Gasteiger partial charge in [-0.2, -0.15) is 13.2 Å². The number of anilines is 2. The zero-order valence-electron chi connectivity index (χ0n) is 42.9. The second-order valence-corrected chi connectivity index (χ2v) is 21.2. The van der Waals surface area contributed by atoms with Crippen molar-refractivity contribution in [3.05, 3.63) is 87.2 Å². The molecule has 0 spiro atoms. The van der Waals surface area contributed by atoms with E-state index >= 15 is 0 Å². The van der Waals surface area contributed by atoms with Gasteiger partial charge < -0.3 is 29.3 Å². The van der Waals surface area contributed by atoms with Gasteiger partial charge in [-0.1, -0.05) is 11.6 Å². The van der Waals surface area contributed by atoms with Crippen LogP contribution in [0.5, 0.6) is 5.75 Å². The van der Waals surface area contributed by atoms with Crippen LogP contribution in [0.25, 0.3) is 10.9 Å². The summed E-state index contributed by atoms with van der Waals surface area (Å²) >= 11 is 6.39. The van der Waals surface area contributed by atoms with E-state index in [0.717, 1.165) is 69.4 Å². The van der Waals surface area contributed by atoms with Gasteiger partial charge in [0.2, 0.25) is 11.8 Å². The molecule has 2 N–H and O–H groups in total. The Morgan fingerprint density at radius 1 is 0.865 bits per heavy atom. The maximum absolute atomic E-state index is 14.1. The molecule has 0 unspecified atom stereocenters. The van der Waals surface area contributed by atoms with Crippen LogP contribution in [-0.2, 0) is 25.2 Å². The number of piperidine rings is 1. The number of fused-ring (bicyclic) bond motifs is 1. The largest absolute Gasteiger partial charge is 0.496 e. The molecular formula is C54H66ClF3N8O8. The Balaban J connectivity index is 0.793. The van der Waals surface area contributed by atoms with Crippen molar-refractivity contribution in [3.8, 4) is 5.75 Å². The Bertz CT molecular complexity index is 2750. The first-order valence-electron chi connectivity index (χ1n) is 25.6. The summed E-state index contributed by atoms with van der Waals surface area (Å²) in [7, 11) is 1.61. The van der Waals surface area contributed by atoms with Gasteiger partial charge >= 0.3 is 18.2 Å². The number of aromatic nitrogens is 2. The number of nitrogens with zero attached hydrogens (tertiary/aromatic N) is 6. The monoisotopic (exact) mass is 1050 g/mol.